The molecule has 0 aliphatic carbocycles. The van der Waals surface area contributed by atoms with Gasteiger partial charge in [-0.2, -0.15) is 5.26 Å². The number of nitriles is 1. The molecule has 0 atom stereocenters. The zero-order valence-corrected chi connectivity index (χ0v) is 11.4. The first-order valence-corrected chi connectivity index (χ1v) is 5.97. The molecule has 0 saturated carbocycles. The molecule has 1 rings (SSSR count). The fourth-order valence-electron chi connectivity index (χ4n) is 1.29. The first kappa shape index (κ1) is 13.5. The van der Waals surface area contributed by atoms with Crippen LogP contribution in [0.3, 0.4) is 0 Å². The summed E-state index contributed by atoms with van der Waals surface area (Å²) in [5.74, 6) is 0.0769. The van der Waals surface area contributed by atoms with Crippen LogP contribution in [-0.4, -0.2) is 31.4 Å². The predicted molar refractivity (Wildman–Crippen MR) is 70.7 cm³/mol. The molecule has 4 nitrogen and oxygen atoms in total. The lowest BCUT2D eigenvalue weighted by atomic mass is 10.2. The van der Waals surface area contributed by atoms with Crippen molar-refractivity contribution >= 4 is 27.5 Å². The molecule has 1 aromatic rings. The topological polar surface area (TPSA) is 56.1 Å². The number of hydrogen-bond donors (Lipinski definition) is 1. The number of nitrogens with one attached hydrogen (secondary N) is 1. The summed E-state index contributed by atoms with van der Waals surface area (Å²) in [6.07, 6.45) is 0.432. The van der Waals surface area contributed by atoms with E-state index in [9.17, 15) is 4.79 Å². The summed E-state index contributed by atoms with van der Waals surface area (Å²) in [4.78, 5) is 12.9. The molecule has 0 aromatic heterocycles. The fraction of sp³-hybridized carbons (Fsp3) is 0.333. The molecule has 0 heterocycles. The summed E-state index contributed by atoms with van der Waals surface area (Å²) in [5.41, 5.74) is 1.42. The Morgan fingerprint density at radius 1 is 1.47 bits per heavy atom. The van der Waals surface area contributed by atoms with Gasteiger partial charge in [-0.15, -0.1) is 0 Å². The van der Waals surface area contributed by atoms with E-state index >= 15 is 0 Å². The van der Waals surface area contributed by atoms with Crippen LogP contribution in [0, 0.1) is 11.3 Å². The second-order valence-corrected chi connectivity index (χ2v) is 4.72. The summed E-state index contributed by atoms with van der Waals surface area (Å²) >= 11 is 3.33. The van der Waals surface area contributed by atoms with Crippen LogP contribution in [0.15, 0.2) is 22.7 Å². The molecule has 0 aliphatic rings. The van der Waals surface area contributed by atoms with Gasteiger partial charge in [-0.1, -0.05) is 15.9 Å². The summed E-state index contributed by atoms with van der Waals surface area (Å²) in [5, 5.41) is 11.9. The molecule has 0 spiro atoms. The molecule has 0 fully saturated rings. The molecule has 1 amide bonds. The van der Waals surface area contributed by atoms with Crippen LogP contribution in [0.1, 0.15) is 12.0 Å². The Bertz CT molecular complexity index is 452. The van der Waals surface area contributed by atoms with Gasteiger partial charge < -0.3 is 10.2 Å². The van der Waals surface area contributed by atoms with Crippen molar-refractivity contribution in [3.63, 3.8) is 0 Å². The van der Waals surface area contributed by atoms with Gasteiger partial charge in [0.15, 0.2) is 0 Å². The van der Waals surface area contributed by atoms with Crippen LogP contribution < -0.4 is 5.32 Å². The standard InChI is InChI=1S/C12H14BrN3O/c1-16(2)12(17)3-4-15-11-6-9(8-14)5-10(13)7-11/h5-7,15H,3-4H2,1-2H3. The summed E-state index contributed by atoms with van der Waals surface area (Å²) in [6.45, 7) is 0.554. The number of hydrogen-bond acceptors (Lipinski definition) is 3. The van der Waals surface area contributed by atoms with Gasteiger partial charge in [0.05, 0.1) is 11.6 Å². The lowest BCUT2D eigenvalue weighted by Gasteiger charge is -2.11. The molecule has 5 heteroatoms. The van der Waals surface area contributed by atoms with Crippen molar-refractivity contribution in [1.29, 1.82) is 5.26 Å². The lowest BCUT2D eigenvalue weighted by Crippen LogP contribution is -2.23. The van der Waals surface area contributed by atoms with Crippen LogP contribution >= 0.6 is 15.9 Å². The monoisotopic (exact) mass is 295 g/mol. The lowest BCUT2D eigenvalue weighted by molar-refractivity contribution is -0.128. The molecule has 17 heavy (non-hydrogen) atoms. The van der Waals surface area contributed by atoms with E-state index in [1.807, 2.05) is 6.07 Å². The Balaban J connectivity index is 2.55. The highest BCUT2D eigenvalue weighted by Crippen LogP contribution is 2.19. The average molecular weight is 296 g/mol. The molecule has 90 valence electrons. The van der Waals surface area contributed by atoms with E-state index in [0.29, 0.717) is 18.5 Å². The third-order valence-electron chi connectivity index (χ3n) is 2.19. The number of amides is 1. The highest BCUT2D eigenvalue weighted by molar-refractivity contribution is 9.10. The summed E-state index contributed by atoms with van der Waals surface area (Å²) in [7, 11) is 3.46. The van der Waals surface area contributed by atoms with Crippen molar-refractivity contribution in [2.75, 3.05) is 26.0 Å². The maximum Gasteiger partial charge on any atom is 0.223 e. The van der Waals surface area contributed by atoms with E-state index in [1.54, 1.807) is 31.1 Å². The number of anilines is 1. The quantitative estimate of drug-likeness (QED) is 0.926. The number of benzene rings is 1. The van der Waals surface area contributed by atoms with Gasteiger partial charge in [0.1, 0.15) is 0 Å². The number of carbonyl (C=O) groups excluding carboxylic acids is 1. The minimum absolute atomic E-state index is 0.0769. The molecular formula is C12H14BrN3O. The van der Waals surface area contributed by atoms with Crippen LogP contribution in [0.4, 0.5) is 5.69 Å². The Labute approximate surface area is 109 Å². The van der Waals surface area contributed by atoms with Crippen LogP contribution in [0.5, 0.6) is 0 Å². The average Bonchev–Trinajstić information content (AvgIpc) is 2.27. The largest absolute Gasteiger partial charge is 0.384 e. The van der Waals surface area contributed by atoms with E-state index in [4.69, 9.17) is 5.26 Å². The molecule has 0 aliphatic heterocycles. The van der Waals surface area contributed by atoms with Crippen molar-refractivity contribution in [3.05, 3.63) is 28.2 Å². The van der Waals surface area contributed by atoms with Crippen molar-refractivity contribution in [3.8, 4) is 6.07 Å². The molecule has 0 saturated heterocycles. The minimum atomic E-state index is 0.0769. The van der Waals surface area contributed by atoms with E-state index in [1.165, 1.54) is 0 Å². The third-order valence-corrected chi connectivity index (χ3v) is 2.65. The zero-order chi connectivity index (χ0) is 12.8. The maximum absolute atomic E-state index is 11.3. The summed E-state index contributed by atoms with van der Waals surface area (Å²) in [6, 6.07) is 7.46. The second kappa shape index (κ2) is 6.26. The number of halogens is 1. The zero-order valence-electron chi connectivity index (χ0n) is 9.83. The van der Waals surface area contributed by atoms with Gasteiger partial charge in [0, 0.05) is 37.2 Å². The first-order chi connectivity index (χ1) is 8.02. The smallest absolute Gasteiger partial charge is 0.223 e. The van der Waals surface area contributed by atoms with Gasteiger partial charge in [-0.25, -0.2) is 0 Å². The second-order valence-electron chi connectivity index (χ2n) is 3.81. The number of nitrogens with zero attached hydrogens (tertiary/aromatic N) is 2. The molecule has 0 unspecified atom stereocenters. The van der Waals surface area contributed by atoms with E-state index in [2.05, 4.69) is 27.3 Å². The SMILES string of the molecule is CN(C)C(=O)CCNc1cc(Br)cc(C#N)c1. The molecule has 1 N–H and O–H groups in total. The van der Waals surface area contributed by atoms with Crippen LogP contribution in [0.2, 0.25) is 0 Å². The van der Waals surface area contributed by atoms with Crippen molar-refractivity contribution < 1.29 is 4.79 Å². The van der Waals surface area contributed by atoms with E-state index < -0.39 is 0 Å². The van der Waals surface area contributed by atoms with Gasteiger partial charge in [0.25, 0.3) is 0 Å². The highest BCUT2D eigenvalue weighted by Gasteiger charge is 2.03. The molecule has 1 aromatic carbocycles. The third kappa shape index (κ3) is 4.45. The van der Waals surface area contributed by atoms with Gasteiger partial charge in [0.2, 0.25) is 5.91 Å². The number of carbonyl (C=O) groups is 1. The Morgan fingerprint density at radius 2 is 2.18 bits per heavy atom. The van der Waals surface area contributed by atoms with Crippen molar-refractivity contribution in [1.82, 2.24) is 4.90 Å². The van der Waals surface area contributed by atoms with Gasteiger partial charge >= 0.3 is 0 Å². The fourth-order valence-corrected chi connectivity index (χ4v) is 1.79. The summed E-state index contributed by atoms with van der Waals surface area (Å²) < 4.78 is 0.845. The normalized spacial score (nSPS) is 9.53. The van der Waals surface area contributed by atoms with Crippen LogP contribution in [-0.2, 0) is 4.79 Å². The van der Waals surface area contributed by atoms with Crippen molar-refractivity contribution in [2.24, 2.45) is 0 Å². The van der Waals surface area contributed by atoms with E-state index in [-0.39, 0.29) is 5.91 Å². The molecular weight excluding hydrogens is 282 g/mol. The van der Waals surface area contributed by atoms with Crippen LogP contribution in [0.25, 0.3) is 0 Å². The first-order valence-electron chi connectivity index (χ1n) is 5.17. The Hall–Kier alpha value is -1.54. The molecule has 0 radical (unpaired) electrons. The maximum atomic E-state index is 11.3. The Kier molecular flexibility index (Phi) is 4.98. The van der Waals surface area contributed by atoms with Crippen molar-refractivity contribution in [2.45, 2.75) is 6.42 Å². The molecule has 0 bridgehead atoms. The van der Waals surface area contributed by atoms with Gasteiger partial charge in [-0.3, -0.25) is 4.79 Å². The predicted octanol–water partition coefficient (Wildman–Crippen LogP) is 2.21. The van der Waals surface area contributed by atoms with E-state index in [0.717, 1.165) is 10.2 Å². The highest BCUT2D eigenvalue weighted by atomic mass is 79.9. The van der Waals surface area contributed by atoms with Gasteiger partial charge in [-0.05, 0) is 18.2 Å². The Morgan fingerprint density at radius 3 is 2.76 bits per heavy atom. The minimum Gasteiger partial charge on any atom is -0.384 e. The number of rotatable bonds is 4.